The maximum Gasteiger partial charge on any atom is 0.129 e. The largest absolute Gasteiger partial charge is 0.383 e. The smallest absolute Gasteiger partial charge is 0.129 e. The Morgan fingerprint density at radius 2 is 2.35 bits per heavy atom. The van der Waals surface area contributed by atoms with Gasteiger partial charge in [0.1, 0.15) is 6.29 Å². The molecule has 0 amide bonds. The molecule has 0 N–H and O–H groups in total. The summed E-state index contributed by atoms with van der Waals surface area (Å²) in [6.45, 7) is 8.01. The van der Waals surface area contributed by atoms with Gasteiger partial charge in [0.2, 0.25) is 0 Å². The standard InChI is InChI=1S/C13H25NO3/c1-4-12(2)14(6-8-16-3)9-13(10-15)5-7-17-11-13/h10,12H,4-9,11H2,1-3H3. The first-order chi connectivity index (χ1) is 8.17. The molecule has 0 radical (unpaired) electrons. The zero-order valence-electron chi connectivity index (χ0n) is 11.3. The Balaban J connectivity index is 2.59. The molecular formula is C13H25NO3. The van der Waals surface area contributed by atoms with Crippen LogP contribution >= 0.6 is 0 Å². The van der Waals surface area contributed by atoms with Gasteiger partial charge in [0.15, 0.2) is 0 Å². The number of hydrogen-bond acceptors (Lipinski definition) is 4. The molecule has 0 spiro atoms. The number of carbonyl (C=O) groups is 1. The van der Waals surface area contributed by atoms with E-state index >= 15 is 0 Å². The Bertz CT molecular complexity index is 227. The molecule has 1 aliphatic heterocycles. The molecule has 0 aromatic rings. The lowest BCUT2D eigenvalue weighted by atomic mass is 9.88. The van der Waals surface area contributed by atoms with Crippen molar-refractivity contribution < 1.29 is 14.3 Å². The van der Waals surface area contributed by atoms with Crippen LogP contribution in [0.25, 0.3) is 0 Å². The van der Waals surface area contributed by atoms with Crippen molar-refractivity contribution in [1.82, 2.24) is 4.90 Å². The highest BCUT2D eigenvalue weighted by Gasteiger charge is 2.37. The van der Waals surface area contributed by atoms with Crippen LogP contribution in [-0.2, 0) is 14.3 Å². The second kappa shape index (κ2) is 7.09. The molecule has 0 aromatic heterocycles. The molecule has 1 rings (SSSR count). The third-order valence-electron chi connectivity index (χ3n) is 3.70. The van der Waals surface area contributed by atoms with Crippen molar-refractivity contribution in [3.8, 4) is 0 Å². The fourth-order valence-electron chi connectivity index (χ4n) is 2.20. The predicted octanol–water partition coefficient (Wildman–Crippen LogP) is 1.34. The number of hydrogen-bond donors (Lipinski definition) is 0. The minimum absolute atomic E-state index is 0.294. The Kier molecular flexibility index (Phi) is 6.09. The van der Waals surface area contributed by atoms with E-state index in [1.165, 1.54) is 0 Å². The first-order valence-corrected chi connectivity index (χ1v) is 6.44. The van der Waals surface area contributed by atoms with Crippen LogP contribution < -0.4 is 0 Å². The first kappa shape index (κ1) is 14.6. The second-order valence-corrected chi connectivity index (χ2v) is 5.00. The van der Waals surface area contributed by atoms with Gasteiger partial charge in [-0.15, -0.1) is 0 Å². The molecule has 17 heavy (non-hydrogen) atoms. The third kappa shape index (κ3) is 4.05. The van der Waals surface area contributed by atoms with Crippen molar-refractivity contribution in [3.05, 3.63) is 0 Å². The second-order valence-electron chi connectivity index (χ2n) is 5.00. The summed E-state index contributed by atoms with van der Waals surface area (Å²) in [6, 6.07) is 0.475. The van der Waals surface area contributed by atoms with Crippen molar-refractivity contribution in [2.45, 2.75) is 32.7 Å². The summed E-state index contributed by atoms with van der Waals surface area (Å²) >= 11 is 0. The van der Waals surface area contributed by atoms with E-state index in [4.69, 9.17) is 9.47 Å². The summed E-state index contributed by atoms with van der Waals surface area (Å²) in [4.78, 5) is 13.7. The molecule has 1 heterocycles. The van der Waals surface area contributed by atoms with E-state index in [0.717, 1.165) is 32.2 Å². The summed E-state index contributed by atoms with van der Waals surface area (Å²) < 4.78 is 10.5. The summed E-state index contributed by atoms with van der Waals surface area (Å²) in [7, 11) is 1.71. The van der Waals surface area contributed by atoms with Gasteiger partial charge in [-0.1, -0.05) is 6.92 Å². The third-order valence-corrected chi connectivity index (χ3v) is 3.70. The van der Waals surface area contributed by atoms with E-state index in [9.17, 15) is 4.79 Å². The maximum absolute atomic E-state index is 11.3. The molecule has 0 aliphatic carbocycles. The monoisotopic (exact) mass is 243 g/mol. The minimum Gasteiger partial charge on any atom is -0.383 e. The number of aldehydes is 1. The minimum atomic E-state index is -0.294. The van der Waals surface area contributed by atoms with E-state index in [2.05, 4.69) is 18.7 Å². The van der Waals surface area contributed by atoms with Crippen molar-refractivity contribution in [2.75, 3.05) is 40.0 Å². The van der Waals surface area contributed by atoms with Crippen molar-refractivity contribution in [2.24, 2.45) is 5.41 Å². The normalized spacial score (nSPS) is 26.4. The van der Waals surface area contributed by atoms with Crippen LogP contribution in [0.15, 0.2) is 0 Å². The molecule has 2 atom stereocenters. The van der Waals surface area contributed by atoms with Gasteiger partial charge in [-0.2, -0.15) is 0 Å². The number of carbonyl (C=O) groups excluding carboxylic acids is 1. The quantitative estimate of drug-likeness (QED) is 0.603. The molecule has 100 valence electrons. The van der Waals surface area contributed by atoms with Crippen LogP contribution in [-0.4, -0.2) is 57.2 Å². The summed E-state index contributed by atoms with van der Waals surface area (Å²) in [6.07, 6.45) is 3.01. The van der Waals surface area contributed by atoms with Crippen LogP contribution in [0.1, 0.15) is 26.7 Å². The van der Waals surface area contributed by atoms with E-state index in [-0.39, 0.29) is 5.41 Å². The van der Waals surface area contributed by atoms with Crippen molar-refractivity contribution in [1.29, 1.82) is 0 Å². The number of methoxy groups -OCH3 is 1. The van der Waals surface area contributed by atoms with E-state index < -0.39 is 0 Å². The SMILES string of the molecule is CCC(C)N(CCOC)CC1(C=O)CCOC1. The summed E-state index contributed by atoms with van der Waals surface area (Å²) in [5.74, 6) is 0. The van der Waals surface area contributed by atoms with Gasteiger partial charge in [0.25, 0.3) is 0 Å². The van der Waals surface area contributed by atoms with Gasteiger partial charge in [-0.05, 0) is 19.8 Å². The lowest BCUT2D eigenvalue weighted by Crippen LogP contribution is -2.45. The van der Waals surface area contributed by atoms with Gasteiger partial charge in [0, 0.05) is 32.8 Å². The molecule has 1 fully saturated rings. The Morgan fingerprint density at radius 3 is 2.82 bits per heavy atom. The van der Waals surface area contributed by atoms with E-state index in [0.29, 0.717) is 25.9 Å². The van der Waals surface area contributed by atoms with Gasteiger partial charge in [0.05, 0.1) is 18.6 Å². The molecule has 1 saturated heterocycles. The van der Waals surface area contributed by atoms with Crippen LogP contribution in [0.5, 0.6) is 0 Å². The molecule has 4 heteroatoms. The lowest BCUT2D eigenvalue weighted by molar-refractivity contribution is -0.117. The highest BCUT2D eigenvalue weighted by molar-refractivity contribution is 5.60. The Morgan fingerprint density at radius 1 is 1.59 bits per heavy atom. The Labute approximate surface area is 104 Å². The molecule has 0 saturated carbocycles. The van der Waals surface area contributed by atoms with Gasteiger partial charge in [-0.25, -0.2) is 0 Å². The molecule has 2 unspecified atom stereocenters. The zero-order valence-corrected chi connectivity index (χ0v) is 11.3. The lowest BCUT2D eigenvalue weighted by Gasteiger charge is -2.34. The molecule has 0 bridgehead atoms. The van der Waals surface area contributed by atoms with Crippen LogP contribution in [0.2, 0.25) is 0 Å². The van der Waals surface area contributed by atoms with Crippen molar-refractivity contribution in [3.63, 3.8) is 0 Å². The van der Waals surface area contributed by atoms with E-state index in [1.807, 2.05) is 0 Å². The number of rotatable bonds is 8. The van der Waals surface area contributed by atoms with Crippen LogP contribution in [0.3, 0.4) is 0 Å². The number of ether oxygens (including phenoxy) is 2. The molecular weight excluding hydrogens is 218 g/mol. The average Bonchev–Trinajstić information content (AvgIpc) is 2.82. The number of nitrogens with zero attached hydrogens (tertiary/aromatic N) is 1. The van der Waals surface area contributed by atoms with Gasteiger partial charge in [-0.3, -0.25) is 4.90 Å². The van der Waals surface area contributed by atoms with Crippen molar-refractivity contribution >= 4 is 6.29 Å². The highest BCUT2D eigenvalue weighted by Crippen LogP contribution is 2.28. The fraction of sp³-hybridized carbons (Fsp3) is 0.923. The van der Waals surface area contributed by atoms with Crippen LogP contribution in [0, 0.1) is 5.41 Å². The fourth-order valence-corrected chi connectivity index (χ4v) is 2.20. The van der Waals surface area contributed by atoms with Gasteiger partial charge < -0.3 is 14.3 Å². The average molecular weight is 243 g/mol. The topological polar surface area (TPSA) is 38.8 Å². The van der Waals surface area contributed by atoms with Gasteiger partial charge >= 0.3 is 0 Å². The first-order valence-electron chi connectivity index (χ1n) is 6.44. The molecule has 4 nitrogen and oxygen atoms in total. The molecule has 1 aliphatic rings. The summed E-state index contributed by atoms with van der Waals surface area (Å²) in [5.41, 5.74) is -0.294. The van der Waals surface area contributed by atoms with Crippen LogP contribution in [0.4, 0.5) is 0 Å². The predicted molar refractivity (Wildman–Crippen MR) is 67.1 cm³/mol. The summed E-state index contributed by atoms with van der Waals surface area (Å²) in [5, 5.41) is 0. The van der Waals surface area contributed by atoms with E-state index in [1.54, 1.807) is 7.11 Å². The Hall–Kier alpha value is -0.450. The molecule has 0 aromatic carbocycles. The highest BCUT2D eigenvalue weighted by atomic mass is 16.5. The maximum atomic E-state index is 11.3. The zero-order chi connectivity index (χ0) is 12.7.